The number of nitrogens with zero attached hydrogens (tertiary/aromatic N) is 3. The van der Waals surface area contributed by atoms with Crippen molar-refractivity contribution in [3.05, 3.63) is 11.1 Å². The van der Waals surface area contributed by atoms with E-state index in [1.54, 1.807) is 0 Å². The molecule has 2 rings (SSSR count). The highest BCUT2D eigenvalue weighted by Crippen LogP contribution is 2.27. The van der Waals surface area contributed by atoms with Crippen LogP contribution in [-0.4, -0.2) is 48.6 Å². The van der Waals surface area contributed by atoms with Crippen molar-refractivity contribution in [3.8, 4) is 0 Å². The van der Waals surface area contributed by atoms with Crippen molar-refractivity contribution >= 4 is 16.5 Å². The molecule has 0 spiro atoms. The molecule has 1 aliphatic heterocycles. The molecular weight excluding hydrogens is 268 g/mol. The zero-order chi connectivity index (χ0) is 14.4. The van der Waals surface area contributed by atoms with E-state index >= 15 is 0 Å². The van der Waals surface area contributed by atoms with Gasteiger partial charge in [-0.05, 0) is 32.5 Å². The molecule has 0 saturated carbocycles. The summed E-state index contributed by atoms with van der Waals surface area (Å²) in [7, 11) is 0. The normalized spacial score (nSPS) is 19.2. The monoisotopic (exact) mass is 296 g/mol. The molecule has 4 nitrogen and oxygen atoms in total. The number of nitrogens with one attached hydrogen (secondary N) is 1. The third-order valence-corrected chi connectivity index (χ3v) is 5.09. The number of anilines is 1. The predicted octanol–water partition coefficient (Wildman–Crippen LogP) is 2.56. The van der Waals surface area contributed by atoms with E-state index < -0.39 is 0 Å². The minimum Gasteiger partial charge on any atom is -0.346 e. The Bertz CT molecular complexity index is 389. The maximum Gasteiger partial charge on any atom is 0.185 e. The minimum atomic E-state index is 0.704. The van der Waals surface area contributed by atoms with Crippen LogP contribution in [0.2, 0.25) is 0 Å². The Balaban J connectivity index is 1.86. The Hall–Kier alpha value is -0.650. The smallest absolute Gasteiger partial charge is 0.185 e. The summed E-state index contributed by atoms with van der Waals surface area (Å²) in [4.78, 5) is 11.0. The molecule has 0 amide bonds. The van der Waals surface area contributed by atoms with Crippen molar-refractivity contribution < 1.29 is 0 Å². The lowest BCUT2D eigenvalue weighted by Gasteiger charge is -2.25. The van der Waals surface area contributed by atoms with Crippen LogP contribution in [0.3, 0.4) is 0 Å². The Morgan fingerprint density at radius 1 is 1.40 bits per heavy atom. The molecule has 1 unspecified atom stereocenters. The summed E-state index contributed by atoms with van der Waals surface area (Å²) in [5.41, 5.74) is 0. The highest BCUT2D eigenvalue weighted by molar-refractivity contribution is 7.15. The van der Waals surface area contributed by atoms with Gasteiger partial charge >= 0.3 is 0 Å². The number of hydrogen-bond acceptors (Lipinski definition) is 5. The van der Waals surface area contributed by atoms with Crippen molar-refractivity contribution in [2.45, 2.75) is 46.2 Å². The molecule has 2 heterocycles. The SMILES string of the molecule is CCCNCc1cnc(N2CCC(N(CC)CC)C2)s1. The van der Waals surface area contributed by atoms with Gasteiger partial charge in [0.25, 0.3) is 0 Å². The molecule has 114 valence electrons. The summed E-state index contributed by atoms with van der Waals surface area (Å²) in [5, 5.41) is 4.65. The number of thiazole rings is 1. The quantitative estimate of drug-likeness (QED) is 0.747. The molecule has 0 aromatic carbocycles. The molecule has 0 radical (unpaired) electrons. The minimum absolute atomic E-state index is 0.704. The van der Waals surface area contributed by atoms with Crippen molar-refractivity contribution in [2.75, 3.05) is 37.6 Å². The lowest BCUT2D eigenvalue weighted by Crippen LogP contribution is -2.37. The first-order chi connectivity index (χ1) is 9.78. The number of likely N-dealkylation sites (N-methyl/N-ethyl adjacent to an activating group) is 1. The van der Waals surface area contributed by atoms with Gasteiger partial charge in [-0.2, -0.15) is 0 Å². The molecule has 20 heavy (non-hydrogen) atoms. The van der Waals surface area contributed by atoms with E-state index in [9.17, 15) is 0 Å². The van der Waals surface area contributed by atoms with E-state index in [0.717, 1.165) is 39.3 Å². The van der Waals surface area contributed by atoms with Gasteiger partial charge in [0.05, 0.1) is 0 Å². The summed E-state index contributed by atoms with van der Waals surface area (Å²) >= 11 is 1.84. The van der Waals surface area contributed by atoms with Gasteiger partial charge in [-0.15, -0.1) is 11.3 Å². The lowest BCUT2D eigenvalue weighted by atomic mass is 10.2. The van der Waals surface area contributed by atoms with E-state index in [1.807, 2.05) is 17.5 Å². The number of rotatable bonds is 8. The molecule has 0 aliphatic carbocycles. The fourth-order valence-corrected chi connectivity index (χ4v) is 3.78. The van der Waals surface area contributed by atoms with E-state index in [0.29, 0.717) is 6.04 Å². The largest absolute Gasteiger partial charge is 0.346 e. The number of aromatic nitrogens is 1. The molecule has 1 aliphatic rings. The molecule has 1 saturated heterocycles. The van der Waals surface area contributed by atoms with Gasteiger partial charge in [0.1, 0.15) is 0 Å². The average Bonchev–Trinajstić information content (AvgIpc) is 3.09. The third-order valence-electron chi connectivity index (χ3n) is 4.03. The van der Waals surface area contributed by atoms with E-state index in [4.69, 9.17) is 0 Å². The van der Waals surface area contributed by atoms with Gasteiger partial charge < -0.3 is 10.2 Å². The van der Waals surface area contributed by atoms with Crippen LogP contribution in [0.4, 0.5) is 5.13 Å². The van der Waals surface area contributed by atoms with Crippen LogP contribution in [0, 0.1) is 0 Å². The summed E-state index contributed by atoms with van der Waals surface area (Å²) < 4.78 is 0. The maximum absolute atomic E-state index is 4.61. The van der Waals surface area contributed by atoms with Gasteiger partial charge in [-0.3, -0.25) is 4.90 Å². The fraction of sp³-hybridized carbons (Fsp3) is 0.800. The van der Waals surface area contributed by atoms with Gasteiger partial charge in [-0.1, -0.05) is 20.8 Å². The van der Waals surface area contributed by atoms with Crippen LogP contribution >= 0.6 is 11.3 Å². The van der Waals surface area contributed by atoms with Crippen LogP contribution in [0.1, 0.15) is 38.5 Å². The van der Waals surface area contributed by atoms with E-state index in [2.05, 4.69) is 40.9 Å². The van der Waals surface area contributed by atoms with Gasteiger partial charge in [0.2, 0.25) is 0 Å². The molecule has 0 bridgehead atoms. The maximum atomic E-state index is 4.61. The van der Waals surface area contributed by atoms with Crippen molar-refractivity contribution in [3.63, 3.8) is 0 Å². The van der Waals surface area contributed by atoms with Crippen molar-refractivity contribution in [2.24, 2.45) is 0 Å². The topological polar surface area (TPSA) is 31.4 Å². The Labute approximate surface area is 127 Å². The van der Waals surface area contributed by atoms with Gasteiger partial charge in [0, 0.05) is 36.8 Å². The summed E-state index contributed by atoms with van der Waals surface area (Å²) in [6.07, 6.45) is 4.49. The fourth-order valence-electron chi connectivity index (χ4n) is 2.87. The van der Waals surface area contributed by atoms with Crippen LogP contribution in [0.5, 0.6) is 0 Å². The molecule has 1 atom stereocenters. The zero-order valence-electron chi connectivity index (χ0n) is 13.1. The summed E-state index contributed by atoms with van der Waals surface area (Å²) in [5.74, 6) is 0. The Morgan fingerprint density at radius 3 is 2.90 bits per heavy atom. The molecular formula is C15H28N4S. The molecule has 1 N–H and O–H groups in total. The van der Waals surface area contributed by atoms with Crippen LogP contribution < -0.4 is 10.2 Å². The first-order valence-electron chi connectivity index (χ1n) is 7.92. The lowest BCUT2D eigenvalue weighted by molar-refractivity contribution is 0.232. The first kappa shape index (κ1) is 15.7. The highest BCUT2D eigenvalue weighted by atomic mass is 32.1. The molecule has 1 fully saturated rings. The Morgan fingerprint density at radius 2 is 2.20 bits per heavy atom. The average molecular weight is 296 g/mol. The predicted molar refractivity (Wildman–Crippen MR) is 87.7 cm³/mol. The second-order valence-corrected chi connectivity index (χ2v) is 6.49. The van der Waals surface area contributed by atoms with E-state index in [1.165, 1.54) is 22.9 Å². The van der Waals surface area contributed by atoms with Gasteiger partial charge in [-0.25, -0.2) is 4.98 Å². The van der Waals surface area contributed by atoms with Crippen LogP contribution in [0.25, 0.3) is 0 Å². The van der Waals surface area contributed by atoms with Crippen molar-refractivity contribution in [1.82, 2.24) is 15.2 Å². The van der Waals surface area contributed by atoms with Gasteiger partial charge in [0.15, 0.2) is 5.13 Å². The molecule has 1 aromatic heterocycles. The highest BCUT2D eigenvalue weighted by Gasteiger charge is 2.27. The molecule has 1 aromatic rings. The first-order valence-corrected chi connectivity index (χ1v) is 8.74. The molecule has 5 heteroatoms. The Kier molecular flexibility index (Phi) is 6.26. The second kappa shape index (κ2) is 7.96. The van der Waals surface area contributed by atoms with Crippen molar-refractivity contribution in [1.29, 1.82) is 0 Å². The second-order valence-electron chi connectivity index (χ2n) is 5.40. The standard InChI is InChI=1S/C15H28N4S/c1-4-8-16-10-14-11-17-15(20-14)19-9-7-13(12-19)18(5-2)6-3/h11,13,16H,4-10,12H2,1-3H3. The summed E-state index contributed by atoms with van der Waals surface area (Å²) in [6, 6.07) is 0.704. The third kappa shape index (κ3) is 3.93. The van der Waals surface area contributed by atoms with Crippen LogP contribution in [-0.2, 0) is 6.54 Å². The van der Waals surface area contributed by atoms with E-state index in [-0.39, 0.29) is 0 Å². The summed E-state index contributed by atoms with van der Waals surface area (Å²) in [6.45, 7) is 13.3. The zero-order valence-corrected chi connectivity index (χ0v) is 13.9. The number of hydrogen-bond donors (Lipinski definition) is 1. The van der Waals surface area contributed by atoms with Crippen LogP contribution in [0.15, 0.2) is 6.20 Å².